The van der Waals surface area contributed by atoms with Crippen molar-refractivity contribution in [3.63, 3.8) is 0 Å². The normalized spacial score (nSPS) is 9.25. The first-order valence-corrected chi connectivity index (χ1v) is 4.03. The van der Waals surface area contributed by atoms with Gasteiger partial charge in [0.2, 0.25) is 0 Å². The van der Waals surface area contributed by atoms with Gasteiger partial charge in [-0.15, -0.1) is 0 Å². The van der Waals surface area contributed by atoms with Crippen LogP contribution in [0, 0.1) is 0 Å². The predicted octanol–water partition coefficient (Wildman–Crippen LogP) is 1.66. The fraction of sp³-hybridized carbons (Fsp3) is 0. The Morgan fingerprint density at radius 3 is 1.19 bits per heavy atom. The number of carbonyl (C=O) groups is 2. The van der Waals surface area contributed by atoms with Gasteiger partial charge in [-0.1, -0.05) is 0 Å². The summed E-state index contributed by atoms with van der Waals surface area (Å²) in [5, 5.41) is 31.8. The van der Waals surface area contributed by atoms with Gasteiger partial charge in [-0.05, 0) is 24.3 Å². The standard InChI is InChI=1S/C8H6O4.C2H4O2/c9-7(10)5-1-2-6(4-3-5)8(11)12;3-1-2-4/h1-4H,(H,9,10)(H,11,12);1-4H. The van der Waals surface area contributed by atoms with E-state index in [0.29, 0.717) is 12.5 Å². The molecule has 0 aliphatic rings. The van der Waals surface area contributed by atoms with Gasteiger partial charge in [0.15, 0.2) is 0 Å². The van der Waals surface area contributed by atoms with Crippen molar-refractivity contribution >= 4 is 11.9 Å². The number of aliphatic hydroxyl groups excluding tert-OH is 2. The average Bonchev–Trinajstić information content (AvgIpc) is 2.29. The van der Waals surface area contributed by atoms with Gasteiger partial charge in [-0.25, -0.2) is 9.59 Å². The summed E-state index contributed by atoms with van der Waals surface area (Å²) in [4.78, 5) is 20.7. The van der Waals surface area contributed by atoms with Gasteiger partial charge in [0.05, 0.1) is 11.1 Å². The Bertz CT molecular complexity index is 342. The summed E-state index contributed by atoms with van der Waals surface area (Å²) in [7, 11) is 0. The van der Waals surface area contributed by atoms with Gasteiger partial charge in [0.25, 0.3) is 0 Å². The van der Waals surface area contributed by atoms with Crippen LogP contribution in [0.15, 0.2) is 36.8 Å². The molecular formula is C10H10O6. The van der Waals surface area contributed by atoms with E-state index in [1.165, 1.54) is 24.3 Å². The molecular weight excluding hydrogens is 216 g/mol. The number of aromatic carboxylic acids is 2. The van der Waals surface area contributed by atoms with Crippen LogP contribution < -0.4 is 0 Å². The summed E-state index contributed by atoms with van der Waals surface area (Å²) in [5.41, 5.74) is 0.167. The van der Waals surface area contributed by atoms with Crippen molar-refractivity contribution in [3.05, 3.63) is 47.9 Å². The molecule has 0 atom stereocenters. The summed E-state index contributed by atoms with van der Waals surface area (Å²) < 4.78 is 0. The van der Waals surface area contributed by atoms with Crippen LogP contribution in [0.2, 0.25) is 0 Å². The molecule has 16 heavy (non-hydrogen) atoms. The first-order chi connectivity index (χ1) is 7.52. The van der Waals surface area contributed by atoms with Gasteiger partial charge < -0.3 is 20.4 Å². The summed E-state index contributed by atoms with van der Waals surface area (Å²) in [6, 6.07) is 5.02. The Balaban J connectivity index is 0.000000487. The molecule has 0 saturated heterocycles. The quantitative estimate of drug-likeness (QED) is 0.570. The molecule has 0 amide bonds. The van der Waals surface area contributed by atoms with Gasteiger partial charge >= 0.3 is 11.9 Å². The second-order valence-corrected chi connectivity index (χ2v) is 2.49. The SMILES string of the molecule is O=C(O)c1ccc(C(=O)O)cc1.OC=CO. The number of rotatable bonds is 2. The fourth-order valence-corrected chi connectivity index (χ4v) is 0.755. The molecule has 0 heterocycles. The van der Waals surface area contributed by atoms with E-state index in [9.17, 15) is 9.59 Å². The summed E-state index contributed by atoms with van der Waals surface area (Å²) in [6.45, 7) is 0. The Morgan fingerprint density at radius 2 is 1.06 bits per heavy atom. The minimum atomic E-state index is -1.06. The third kappa shape index (κ3) is 4.66. The summed E-state index contributed by atoms with van der Waals surface area (Å²) in [5.74, 6) is -2.13. The summed E-state index contributed by atoms with van der Waals surface area (Å²) in [6.07, 6.45) is 1.11. The third-order valence-corrected chi connectivity index (χ3v) is 1.45. The molecule has 4 N–H and O–H groups in total. The predicted molar refractivity (Wildman–Crippen MR) is 54.8 cm³/mol. The number of carboxylic acids is 2. The summed E-state index contributed by atoms with van der Waals surface area (Å²) >= 11 is 0. The van der Waals surface area contributed by atoms with E-state index in [0.717, 1.165) is 0 Å². The highest BCUT2D eigenvalue weighted by atomic mass is 16.4. The molecule has 1 aromatic carbocycles. The minimum Gasteiger partial charge on any atom is -0.512 e. The molecule has 0 unspecified atom stereocenters. The molecule has 0 saturated carbocycles. The van der Waals surface area contributed by atoms with Crippen molar-refractivity contribution < 1.29 is 30.0 Å². The smallest absolute Gasteiger partial charge is 0.335 e. The lowest BCUT2D eigenvalue weighted by atomic mass is 10.1. The Hall–Kier alpha value is -2.50. The zero-order valence-electron chi connectivity index (χ0n) is 8.07. The van der Waals surface area contributed by atoms with E-state index in [1.807, 2.05) is 0 Å². The van der Waals surface area contributed by atoms with Crippen molar-refractivity contribution in [3.8, 4) is 0 Å². The van der Waals surface area contributed by atoms with Crippen LogP contribution >= 0.6 is 0 Å². The highest BCUT2D eigenvalue weighted by Crippen LogP contribution is 2.03. The lowest BCUT2D eigenvalue weighted by Gasteiger charge is -1.94. The van der Waals surface area contributed by atoms with E-state index in [2.05, 4.69) is 0 Å². The first kappa shape index (κ1) is 13.5. The number of aliphatic hydroxyl groups is 2. The number of carboxylic acid groups (broad SMARTS) is 2. The van der Waals surface area contributed by atoms with Crippen LogP contribution in [0.25, 0.3) is 0 Å². The van der Waals surface area contributed by atoms with Crippen LogP contribution in [0.4, 0.5) is 0 Å². The molecule has 86 valence electrons. The number of hydrogen-bond acceptors (Lipinski definition) is 4. The molecule has 0 fully saturated rings. The Kier molecular flexibility index (Phi) is 5.81. The fourth-order valence-electron chi connectivity index (χ4n) is 0.755. The first-order valence-electron chi connectivity index (χ1n) is 4.03. The zero-order valence-corrected chi connectivity index (χ0v) is 8.07. The Morgan fingerprint density at radius 1 is 0.812 bits per heavy atom. The highest BCUT2D eigenvalue weighted by molar-refractivity contribution is 5.91. The largest absolute Gasteiger partial charge is 0.512 e. The van der Waals surface area contributed by atoms with Gasteiger partial charge in [0.1, 0.15) is 12.5 Å². The Labute approximate surface area is 90.7 Å². The second-order valence-electron chi connectivity index (χ2n) is 2.49. The van der Waals surface area contributed by atoms with Crippen molar-refractivity contribution in [1.82, 2.24) is 0 Å². The van der Waals surface area contributed by atoms with Crippen LogP contribution in [-0.4, -0.2) is 32.4 Å². The number of benzene rings is 1. The molecule has 0 aliphatic carbocycles. The van der Waals surface area contributed by atoms with E-state index >= 15 is 0 Å². The molecule has 0 aromatic heterocycles. The third-order valence-electron chi connectivity index (χ3n) is 1.45. The van der Waals surface area contributed by atoms with Crippen molar-refractivity contribution in [1.29, 1.82) is 0 Å². The lowest BCUT2D eigenvalue weighted by molar-refractivity contribution is 0.0681. The van der Waals surface area contributed by atoms with Gasteiger partial charge in [-0.2, -0.15) is 0 Å². The number of hydrogen-bond donors (Lipinski definition) is 4. The van der Waals surface area contributed by atoms with E-state index < -0.39 is 11.9 Å². The van der Waals surface area contributed by atoms with E-state index in [1.54, 1.807) is 0 Å². The highest BCUT2D eigenvalue weighted by Gasteiger charge is 2.04. The van der Waals surface area contributed by atoms with E-state index in [4.69, 9.17) is 20.4 Å². The zero-order chi connectivity index (χ0) is 12.6. The molecule has 6 heteroatoms. The van der Waals surface area contributed by atoms with Crippen LogP contribution in [0.3, 0.4) is 0 Å². The van der Waals surface area contributed by atoms with Gasteiger partial charge in [-0.3, -0.25) is 0 Å². The molecule has 0 bridgehead atoms. The van der Waals surface area contributed by atoms with Crippen molar-refractivity contribution in [2.24, 2.45) is 0 Å². The molecule has 6 nitrogen and oxygen atoms in total. The second kappa shape index (κ2) is 6.88. The maximum Gasteiger partial charge on any atom is 0.335 e. The molecule has 0 aliphatic heterocycles. The molecule has 0 radical (unpaired) electrons. The topological polar surface area (TPSA) is 115 Å². The molecule has 1 aromatic rings. The van der Waals surface area contributed by atoms with Crippen molar-refractivity contribution in [2.45, 2.75) is 0 Å². The monoisotopic (exact) mass is 226 g/mol. The van der Waals surface area contributed by atoms with Crippen LogP contribution in [-0.2, 0) is 0 Å². The lowest BCUT2D eigenvalue weighted by Crippen LogP contribution is -1.99. The maximum absolute atomic E-state index is 10.3. The molecule has 1 rings (SSSR count). The van der Waals surface area contributed by atoms with Crippen LogP contribution in [0.5, 0.6) is 0 Å². The van der Waals surface area contributed by atoms with Crippen LogP contribution in [0.1, 0.15) is 20.7 Å². The average molecular weight is 226 g/mol. The van der Waals surface area contributed by atoms with Crippen molar-refractivity contribution in [2.75, 3.05) is 0 Å². The van der Waals surface area contributed by atoms with E-state index in [-0.39, 0.29) is 11.1 Å². The minimum absolute atomic E-state index is 0.0833. The van der Waals surface area contributed by atoms with Gasteiger partial charge in [0, 0.05) is 0 Å². The molecule has 0 spiro atoms. The maximum atomic E-state index is 10.3.